The summed E-state index contributed by atoms with van der Waals surface area (Å²) in [7, 11) is 1.34. The fourth-order valence-electron chi connectivity index (χ4n) is 3.50. The van der Waals surface area contributed by atoms with Crippen LogP contribution in [-0.4, -0.2) is 20.0 Å². The Morgan fingerprint density at radius 3 is 1.94 bits per heavy atom. The van der Waals surface area contributed by atoms with Crippen LogP contribution in [-0.2, 0) is 7.05 Å². The number of aldehydes is 1. The van der Waals surface area contributed by atoms with Gasteiger partial charge in [0, 0.05) is 12.0 Å². The summed E-state index contributed by atoms with van der Waals surface area (Å²) >= 11 is 0. The van der Waals surface area contributed by atoms with Gasteiger partial charge in [0.1, 0.15) is 5.65 Å². The Labute approximate surface area is 173 Å². The minimum absolute atomic E-state index is 0.0913. The normalized spacial score (nSPS) is 10.6. The standard InChI is InChI=1S/C21H14N6O4/c1-25-18-16(17(23-24-22)15(12-28)19(25)29)20(30)27(14-10-6-3-7-11-14)21(31)26(18)13-8-4-2-5-9-13/h2-12H,1H3. The van der Waals surface area contributed by atoms with Gasteiger partial charge in [-0.15, -0.1) is 0 Å². The van der Waals surface area contributed by atoms with E-state index in [2.05, 4.69) is 10.0 Å². The summed E-state index contributed by atoms with van der Waals surface area (Å²) in [5.41, 5.74) is 6.36. The minimum atomic E-state index is -0.820. The molecule has 0 spiro atoms. The number of para-hydroxylation sites is 2. The van der Waals surface area contributed by atoms with Crippen LogP contribution in [0.2, 0.25) is 0 Å². The molecule has 10 nitrogen and oxygen atoms in total. The molecule has 0 saturated heterocycles. The Balaban J connectivity index is 2.41. The third-order valence-corrected chi connectivity index (χ3v) is 4.87. The molecule has 4 aromatic rings. The van der Waals surface area contributed by atoms with Crippen molar-refractivity contribution in [1.29, 1.82) is 0 Å². The maximum Gasteiger partial charge on any atom is 0.341 e. The lowest BCUT2D eigenvalue weighted by molar-refractivity contribution is 0.112. The molecule has 0 fully saturated rings. The molecule has 0 radical (unpaired) electrons. The summed E-state index contributed by atoms with van der Waals surface area (Å²) in [6.45, 7) is 0. The fraction of sp³-hybridized carbons (Fsp3) is 0.0476. The largest absolute Gasteiger partial charge is 0.341 e. The number of hydrogen-bond donors (Lipinski definition) is 0. The van der Waals surface area contributed by atoms with Gasteiger partial charge in [-0.3, -0.25) is 19.0 Å². The van der Waals surface area contributed by atoms with E-state index in [9.17, 15) is 19.2 Å². The van der Waals surface area contributed by atoms with E-state index in [0.29, 0.717) is 5.69 Å². The number of carbonyl (C=O) groups excluding carboxylic acids is 1. The molecule has 0 unspecified atom stereocenters. The molecule has 2 heterocycles. The van der Waals surface area contributed by atoms with Gasteiger partial charge in [0.05, 0.1) is 28.0 Å². The van der Waals surface area contributed by atoms with E-state index < -0.39 is 28.1 Å². The van der Waals surface area contributed by atoms with Crippen LogP contribution in [0.3, 0.4) is 0 Å². The van der Waals surface area contributed by atoms with Crippen molar-refractivity contribution in [3.8, 4) is 11.4 Å². The predicted octanol–water partition coefficient (Wildman–Crippen LogP) is 2.59. The van der Waals surface area contributed by atoms with Gasteiger partial charge in [0.15, 0.2) is 6.29 Å². The Bertz CT molecular complexity index is 1560. The average molecular weight is 414 g/mol. The highest BCUT2D eigenvalue weighted by Gasteiger charge is 2.24. The van der Waals surface area contributed by atoms with E-state index >= 15 is 0 Å². The maximum absolute atomic E-state index is 13.5. The van der Waals surface area contributed by atoms with Gasteiger partial charge in [-0.2, -0.15) is 0 Å². The number of azide groups is 1. The van der Waals surface area contributed by atoms with E-state index in [1.807, 2.05) is 0 Å². The molecule has 0 aliphatic carbocycles. The van der Waals surface area contributed by atoms with Crippen LogP contribution in [0.1, 0.15) is 10.4 Å². The number of fused-ring (bicyclic) bond motifs is 1. The molecular weight excluding hydrogens is 400 g/mol. The first-order valence-electron chi connectivity index (χ1n) is 9.07. The Morgan fingerprint density at radius 2 is 1.42 bits per heavy atom. The average Bonchev–Trinajstić information content (AvgIpc) is 2.79. The van der Waals surface area contributed by atoms with E-state index in [1.54, 1.807) is 60.7 Å². The molecule has 0 aliphatic heterocycles. The van der Waals surface area contributed by atoms with Crippen LogP contribution in [0.4, 0.5) is 5.69 Å². The molecule has 10 heteroatoms. The zero-order valence-corrected chi connectivity index (χ0v) is 16.2. The second-order valence-corrected chi connectivity index (χ2v) is 6.56. The van der Waals surface area contributed by atoms with Gasteiger partial charge >= 0.3 is 5.69 Å². The van der Waals surface area contributed by atoms with Crippen LogP contribution in [0.25, 0.3) is 32.9 Å². The predicted molar refractivity (Wildman–Crippen MR) is 115 cm³/mol. The quantitative estimate of drug-likeness (QED) is 0.220. The highest BCUT2D eigenvalue weighted by Crippen LogP contribution is 2.25. The number of aryl methyl sites for hydroxylation is 1. The fourth-order valence-corrected chi connectivity index (χ4v) is 3.50. The molecule has 4 rings (SSSR count). The molecule has 0 N–H and O–H groups in total. The van der Waals surface area contributed by atoms with Crippen molar-refractivity contribution >= 4 is 23.0 Å². The number of hydrogen-bond acceptors (Lipinski definition) is 5. The molecule has 31 heavy (non-hydrogen) atoms. The molecule has 0 atom stereocenters. The van der Waals surface area contributed by atoms with Gasteiger partial charge in [-0.25, -0.2) is 13.9 Å². The third kappa shape index (κ3) is 2.95. The number of carbonyl (C=O) groups is 1. The zero-order chi connectivity index (χ0) is 22.1. The summed E-state index contributed by atoms with van der Waals surface area (Å²) in [4.78, 5) is 54.1. The molecule has 152 valence electrons. The number of rotatable bonds is 4. The lowest BCUT2D eigenvalue weighted by Gasteiger charge is -2.18. The monoisotopic (exact) mass is 414 g/mol. The van der Waals surface area contributed by atoms with E-state index in [1.165, 1.54) is 11.6 Å². The number of benzene rings is 2. The second-order valence-electron chi connectivity index (χ2n) is 6.56. The number of pyridine rings is 1. The lowest BCUT2D eigenvalue weighted by atomic mass is 10.1. The topological polar surface area (TPSA) is 132 Å². The molecular formula is C21H14N6O4. The molecule has 0 aliphatic rings. The molecule has 0 saturated carbocycles. The number of nitrogens with zero attached hydrogens (tertiary/aromatic N) is 6. The lowest BCUT2D eigenvalue weighted by Crippen LogP contribution is -2.41. The molecule has 0 bridgehead atoms. The molecule has 2 aromatic heterocycles. The zero-order valence-electron chi connectivity index (χ0n) is 16.2. The minimum Gasteiger partial charge on any atom is -0.298 e. The highest BCUT2D eigenvalue weighted by atomic mass is 16.2. The van der Waals surface area contributed by atoms with Gasteiger partial charge in [0.2, 0.25) is 0 Å². The van der Waals surface area contributed by atoms with Crippen LogP contribution >= 0.6 is 0 Å². The van der Waals surface area contributed by atoms with Crippen LogP contribution < -0.4 is 16.8 Å². The van der Waals surface area contributed by atoms with Crippen LogP contribution in [0.15, 0.2) is 80.2 Å². The van der Waals surface area contributed by atoms with Crippen LogP contribution in [0, 0.1) is 0 Å². The SMILES string of the molecule is Cn1c(=O)c(C=O)c(N=[N+]=[N-])c2c(=O)n(-c3ccccc3)c(=O)n(-c3ccccc3)c21. The number of aromatic nitrogens is 3. The van der Waals surface area contributed by atoms with Crippen molar-refractivity contribution < 1.29 is 4.79 Å². The Morgan fingerprint density at radius 1 is 0.871 bits per heavy atom. The molecule has 0 amide bonds. The van der Waals surface area contributed by atoms with E-state index in [0.717, 1.165) is 9.13 Å². The van der Waals surface area contributed by atoms with Gasteiger partial charge < -0.3 is 0 Å². The van der Waals surface area contributed by atoms with Crippen LogP contribution in [0.5, 0.6) is 0 Å². The van der Waals surface area contributed by atoms with Crippen molar-refractivity contribution in [1.82, 2.24) is 13.7 Å². The summed E-state index contributed by atoms with van der Waals surface area (Å²) in [6.07, 6.45) is 0.232. The van der Waals surface area contributed by atoms with Gasteiger partial charge in [0.25, 0.3) is 11.1 Å². The van der Waals surface area contributed by atoms with Crippen molar-refractivity contribution in [2.75, 3.05) is 0 Å². The first kappa shape index (κ1) is 19.6. The second kappa shape index (κ2) is 7.62. The first-order chi connectivity index (χ1) is 15.0. The summed E-state index contributed by atoms with van der Waals surface area (Å²) in [6, 6.07) is 16.6. The Hall–Kier alpha value is -4.69. The van der Waals surface area contributed by atoms with Gasteiger partial charge in [-0.05, 0) is 29.8 Å². The third-order valence-electron chi connectivity index (χ3n) is 4.87. The Kier molecular flexibility index (Phi) is 4.82. The summed E-state index contributed by atoms with van der Waals surface area (Å²) in [5.74, 6) is 0. The first-order valence-corrected chi connectivity index (χ1v) is 9.07. The van der Waals surface area contributed by atoms with Crippen molar-refractivity contribution in [3.05, 3.63) is 108 Å². The van der Waals surface area contributed by atoms with Crippen molar-refractivity contribution in [2.45, 2.75) is 0 Å². The summed E-state index contributed by atoms with van der Waals surface area (Å²) in [5, 5.41) is 3.25. The summed E-state index contributed by atoms with van der Waals surface area (Å²) < 4.78 is 3.11. The highest BCUT2D eigenvalue weighted by molar-refractivity contribution is 5.97. The van der Waals surface area contributed by atoms with E-state index in [4.69, 9.17) is 5.53 Å². The smallest absolute Gasteiger partial charge is 0.298 e. The van der Waals surface area contributed by atoms with Crippen molar-refractivity contribution in [3.63, 3.8) is 0 Å². The molecule has 2 aromatic carbocycles. The van der Waals surface area contributed by atoms with E-state index in [-0.39, 0.29) is 23.0 Å². The van der Waals surface area contributed by atoms with Gasteiger partial charge in [-0.1, -0.05) is 41.5 Å². The van der Waals surface area contributed by atoms with Crippen molar-refractivity contribution in [2.24, 2.45) is 12.2 Å². The maximum atomic E-state index is 13.5.